The van der Waals surface area contributed by atoms with E-state index >= 15 is 4.39 Å². The number of piperidine rings is 1. The maximum absolute atomic E-state index is 15.2. The molecule has 0 unspecified atom stereocenters. The first-order valence-corrected chi connectivity index (χ1v) is 12.1. The van der Waals surface area contributed by atoms with Crippen molar-refractivity contribution in [3.63, 3.8) is 0 Å². The third kappa shape index (κ3) is 4.58. The molecular weight excluding hydrogens is 459 g/mol. The lowest BCUT2D eigenvalue weighted by Gasteiger charge is -2.32. The summed E-state index contributed by atoms with van der Waals surface area (Å²) in [5, 5.41) is 3.54. The van der Waals surface area contributed by atoms with Crippen LogP contribution in [0.1, 0.15) is 41.7 Å². The Morgan fingerprint density at radius 2 is 1.78 bits per heavy atom. The van der Waals surface area contributed by atoms with Crippen LogP contribution in [-0.2, 0) is 6.42 Å². The number of anilines is 3. The first-order valence-electron chi connectivity index (χ1n) is 12.1. The van der Waals surface area contributed by atoms with Gasteiger partial charge >= 0.3 is 0 Å². The molecular formula is C26H29FN8O. The molecule has 1 fully saturated rings. The third-order valence-corrected chi connectivity index (χ3v) is 6.60. The van der Waals surface area contributed by atoms with E-state index in [9.17, 15) is 4.79 Å². The number of rotatable bonds is 6. The van der Waals surface area contributed by atoms with Crippen LogP contribution in [0.5, 0.6) is 0 Å². The predicted molar refractivity (Wildman–Crippen MR) is 137 cm³/mol. The molecule has 186 valence electrons. The lowest BCUT2D eigenvalue weighted by atomic mass is 10.1. The third-order valence-electron chi connectivity index (χ3n) is 6.60. The van der Waals surface area contributed by atoms with Crippen LogP contribution in [0.4, 0.5) is 21.8 Å². The molecule has 4 heterocycles. The molecule has 0 spiro atoms. The molecule has 9 nitrogen and oxygen atoms in total. The summed E-state index contributed by atoms with van der Waals surface area (Å²) in [4.78, 5) is 33.5. The first-order chi connectivity index (χ1) is 17.4. The van der Waals surface area contributed by atoms with E-state index in [0.717, 1.165) is 43.9 Å². The SMILES string of the molecule is CCc1cnc(N2CCC(n3cc(F)c4c(Nc5ccc(C(=O)N(C)C)cc5)ncnc43)CC2)nc1. The monoisotopic (exact) mass is 488 g/mol. The summed E-state index contributed by atoms with van der Waals surface area (Å²) >= 11 is 0. The van der Waals surface area contributed by atoms with Crippen LogP contribution < -0.4 is 10.2 Å². The number of fused-ring (bicyclic) bond motifs is 1. The zero-order valence-corrected chi connectivity index (χ0v) is 20.6. The predicted octanol–water partition coefficient (Wildman–Crippen LogP) is 4.21. The van der Waals surface area contributed by atoms with Crippen LogP contribution in [0.3, 0.4) is 0 Å². The van der Waals surface area contributed by atoms with Gasteiger partial charge in [-0.1, -0.05) is 6.92 Å². The molecule has 1 aromatic carbocycles. The molecule has 5 rings (SSSR count). The van der Waals surface area contributed by atoms with Gasteiger partial charge in [-0.2, -0.15) is 0 Å². The highest BCUT2D eigenvalue weighted by Crippen LogP contribution is 2.33. The van der Waals surface area contributed by atoms with Crippen molar-refractivity contribution in [2.24, 2.45) is 0 Å². The van der Waals surface area contributed by atoms with E-state index in [2.05, 4.69) is 37.1 Å². The van der Waals surface area contributed by atoms with E-state index in [1.807, 2.05) is 17.0 Å². The van der Waals surface area contributed by atoms with Crippen LogP contribution in [0.2, 0.25) is 0 Å². The Kier molecular flexibility index (Phi) is 6.49. The number of carbonyl (C=O) groups excluding carboxylic acids is 1. The van der Waals surface area contributed by atoms with Crippen LogP contribution in [0, 0.1) is 5.82 Å². The molecule has 0 bridgehead atoms. The average molecular weight is 489 g/mol. The van der Waals surface area contributed by atoms with Crippen molar-refractivity contribution < 1.29 is 9.18 Å². The molecule has 1 saturated heterocycles. The number of nitrogens with one attached hydrogen (secondary N) is 1. The van der Waals surface area contributed by atoms with Gasteiger partial charge in [0.15, 0.2) is 5.82 Å². The fourth-order valence-electron chi connectivity index (χ4n) is 4.54. The summed E-state index contributed by atoms with van der Waals surface area (Å²) in [6.07, 6.45) is 9.30. The van der Waals surface area contributed by atoms with Crippen molar-refractivity contribution in [1.29, 1.82) is 0 Å². The van der Waals surface area contributed by atoms with Gasteiger partial charge in [0.05, 0.1) is 5.39 Å². The maximum atomic E-state index is 15.2. The van der Waals surface area contributed by atoms with Gasteiger partial charge in [-0.3, -0.25) is 4.79 Å². The number of nitrogens with zero attached hydrogens (tertiary/aromatic N) is 7. The number of benzene rings is 1. The quantitative estimate of drug-likeness (QED) is 0.435. The van der Waals surface area contributed by atoms with Crippen molar-refractivity contribution in [1.82, 2.24) is 29.4 Å². The van der Waals surface area contributed by atoms with Gasteiger partial charge in [0.2, 0.25) is 5.95 Å². The van der Waals surface area contributed by atoms with Crippen LogP contribution in [0.15, 0.2) is 49.2 Å². The van der Waals surface area contributed by atoms with Crippen molar-refractivity contribution in [2.75, 3.05) is 37.4 Å². The molecule has 36 heavy (non-hydrogen) atoms. The summed E-state index contributed by atoms with van der Waals surface area (Å²) in [7, 11) is 3.42. The van der Waals surface area contributed by atoms with Gasteiger partial charge in [-0.05, 0) is 49.1 Å². The van der Waals surface area contributed by atoms with E-state index < -0.39 is 0 Å². The standard InChI is InChI=1S/C26H29FN8O/c1-4-17-13-28-26(29-14-17)34-11-9-20(10-12-34)35-15-21(27)22-23(30-16-31-24(22)35)32-19-7-5-18(6-8-19)25(36)33(2)3/h5-8,13-16,20H,4,9-12H2,1-3H3,(H,30,31,32). The molecule has 1 aliphatic heterocycles. The van der Waals surface area contributed by atoms with Crippen molar-refractivity contribution >= 4 is 34.4 Å². The highest BCUT2D eigenvalue weighted by Gasteiger charge is 2.26. The Balaban J connectivity index is 1.33. The number of hydrogen-bond donors (Lipinski definition) is 1. The summed E-state index contributed by atoms with van der Waals surface area (Å²) in [5.41, 5.74) is 2.96. The Morgan fingerprint density at radius 1 is 1.08 bits per heavy atom. The number of hydrogen-bond acceptors (Lipinski definition) is 7. The Hall–Kier alpha value is -4.08. The number of halogens is 1. The lowest BCUT2D eigenvalue weighted by molar-refractivity contribution is 0.0827. The number of aromatic nitrogens is 5. The van der Waals surface area contributed by atoms with E-state index in [4.69, 9.17) is 0 Å². The van der Waals surface area contributed by atoms with Gasteiger partial charge < -0.3 is 19.7 Å². The molecule has 0 atom stereocenters. The van der Waals surface area contributed by atoms with Gasteiger partial charge in [-0.25, -0.2) is 24.3 Å². The number of aryl methyl sites for hydroxylation is 1. The van der Waals surface area contributed by atoms with E-state index in [0.29, 0.717) is 28.1 Å². The summed E-state index contributed by atoms with van der Waals surface area (Å²) in [5.74, 6) is 0.684. The zero-order chi connectivity index (χ0) is 25.2. The molecule has 0 aliphatic carbocycles. The van der Waals surface area contributed by atoms with Crippen LogP contribution in [0.25, 0.3) is 11.0 Å². The highest BCUT2D eigenvalue weighted by molar-refractivity contribution is 5.94. The van der Waals surface area contributed by atoms with Crippen LogP contribution in [-0.4, -0.2) is 62.5 Å². The molecule has 10 heteroatoms. The van der Waals surface area contributed by atoms with Gasteiger partial charge in [0, 0.05) is 63.1 Å². The topological polar surface area (TPSA) is 92.1 Å². The molecule has 1 amide bonds. The lowest BCUT2D eigenvalue weighted by Crippen LogP contribution is -2.35. The molecule has 0 radical (unpaired) electrons. The summed E-state index contributed by atoms with van der Waals surface area (Å²) in [6, 6.07) is 7.15. The highest BCUT2D eigenvalue weighted by atomic mass is 19.1. The number of amides is 1. The fourth-order valence-corrected chi connectivity index (χ4v) is 4.54. The second-order valence-electron chi connectivity index (χ2n) is 9.17. The molecule has 0 saturated carbocycles. The second kappa shape index (κ2) is 9.88. The minimum absolute atomic E-state index is 0.0790. The zero-order valence-electron chi connectivity index (χ0n) is 20.6. The molecule has 4 aromatic rings. The first kappa shape index (κ1) is 23.7. The van der Waals surface area contributed by atoms with Gasteiger partial charge in [-0.15, -0.1) is 0 Å². The maximum Gasteiger partial charge on any atom is 0.253 e. The Morgan fingerprint density at radius 3 is 2.42 bits per heavy atom. The molecule has 1 N–H and O–H groups in total. The van der Waals surface area contributed by atoms with Gasteiger partial charge in [0.1, 0.15) is 17.8 Å². The minimum atomic E-state index is -0.367. The molecule has 3 aromatic heterocycles. The van der Waals surface area contributed by atoms with Crippen molar-refractivity contribution in [2.45, 2.75) is 32.2 Å². The molecule has 1 aliphatic rings. The van der Waals surface area contributed by atoms with Crippen molar-refractivity contribution in [3.05, 3.63) is 66.1 Å². The van der Waals surface area contributed by atoms with E-state index in [1.165, 1.54) is 17.4 Å². The second-order valence-corrected chi connectivity index (χ2v) is 9.17. The normalized spacial score (nSPS) is 14.3. The van der Waals surface area contributed by atoms with E-state index in [-0.39, 0.29) is 17.8 Å². The fraction of sp³-hybridized carbons (Fsp3) is 0.346. The summed E-state index contributed by atoms with van der Waals surface area (Å²) < 4.78 is 17.1. The smallest absolute Gasteiger partial charge is 0.253 e. The number of carbonyl (C=O) groups is 1. The largest absolute Gasteiger partial charge is 0.345 e. The van der Waals surface area contributed by atoms with Crippen LogP contribution >= 0.6 is 0 Å². The average Bonchev–Trinajstić information content (AvgIpc) is 3.26. The summed E-state index contributed by atoms with van der Waals surface area (Å²) in [6.45, 7) is 3.65. The Bertz CT molecular complexity index is 1360. The minimum Gasteiger partial charge on any atom is -0.345 e. The van der Waals surface area contributed by atoms with E-state index in [1.54, 1.807) is 38.4 Å². The van der Waals surface area contributed by atoms with Crippen molar-refractivity contribution in [3.8, 4) is 0 Å². The van der Waals surface area contributed by atoms with Gasteiger partial charge in [0.25, 0.3) is 5.91 Å². The Labute approximate surface area is 209 Å².